The van der Waals surface area contributed by atoms with Gasteiger partial charge in [0.05, 0.1) is 6.04 Å². The summed E-state index contributed by atoms with van der Waals surface area (Å²) in [6.45, 7) is 9.19. The lowest BCUT2D eigenvalue weighted by Gasteiger charge is -2.35. The second-order valence-electron chi connectivity index (χ2n) is 5.33. The molecule has 2 unspecified atom stereocenters. The average Bonchev–Trinajstić information content (AvgIpc) is 2.77. The highest BCUT2D eigenvalue weighted by atomic mass is 16.2. The third-order valence-corrected chi connectivity index (χ3v) is 3.84. The third-order valence-electron chi connectivity index (χ3n) is 3.84. The fourth-order valence-electron chi connectivity index (χ4n) is 3.00. The summed E-state index contributed by atoms with van der Waals surface area (Å²) in [6, 6.07) is 0.606. The van der Waals surface area contributed by atoms with E-state index in [-0.39, 0.29) is 6.04 Å². The van der Waals surface area contributed by atoms with Gasteiger partial charge in [-0.3, -0.25) is 9.69 Å². The van der Waals surface area contributed by atoms with Crippen LogP contribution in [0.15, 0.2) is 0 Å². The van der Waals surface area contributed by atoms with Crippen molar-refractivity contribution in [2.45, 2.75) is 45.2 Å². The van der Waals surface area contributed by atoms with Crippen molar-refractivity contribution in [3.8, 4) is 0 Å². The summed E-state index contributed by atoms with van der Waals surface area (Å²) >= 11 is 0. The molecular weight excluding hydrogens is 214 g/mol. The molecule has 0 radical (unpaired) electrons. The number of nitrogens with zero attached hydrogens (tertiary/aromatic N) is 2. The summed E-state index contributed by atoms with van der Waals surface area (Å²) in [5, 5.41) is 3.39. The van der Waals surface area contributed by atoms with Crippen LogP contribution in [0.4, 0.5) is 0 Å². The van der Waals surface area contributed by atoms with Gasteiger partial charge >= 0.3 is 0 Å². The zero-order valence-corrected chi connectivity index (χ0v) is 11.1. The molecule has 2 aliphatic rings. The Balaban J connectivity index is 1.93. The van der Waals surface area contributed by atoms with Crippen LogP contribution in [0.2, 0.25) is 0 Å². The van der Waals surface area contributed by atoms with Gasteiger partial charge in [-0.1, -0.05) is 6.92 Å². The van der Waals surface area contributed by atoms with Crippen molar-refractivity contribution in [2.75, 3.05) is 32.7 Å². The van der Waals surface area contributed by atoms with Crippen molar-refractivity contribution in [1.29, 1.82) is 0 Å². The van der Waals surface area contributed by atoms with Gasteiger partial charge in [0.15, 0.2) is 0 Å². The minimum absolute atomic E-state index is 0.167. The number of carbonyl (C=O) groups excluding carboxylic acids is 1. The van der Waals surface area contributed by atoms with Crippen molar-refractivity contribution in [2.24, 2.45) is 0 Å². The molecule has 2 heterocycles. The molecule has 0 aliphatic carbocycles. The predicted octanol–water partition coefficient (Wildman–Crippen LogP) is 0.681. The number of piperazine rings is 1. The van der Waals surface area contributed by atoms with E-state index in [1.807, 2.05) is 0 Å². The van der Waals surface area contributed by atoms with Gasteiger partial charge < -0.3 is 10.2 Å². The van der Waals surface area contributed by atoms with Crippen LogP contribution in [-0.2, 0) is 4.79 Å². The first-order valence-corrected chi connectivity index (χ1v) is 6.98. The number of amides is 1. The maximum atomic E-state index is 12.5. The molecular formula is C13H25N3O. The molecule has 4 nitrogen and oxygen atoms in total. The molecule has 2 fully saturated rings. The van der Waals surface area contributed by atoms with E-state index in [2.05, 4.69) is 29.0 Å². The Bertz CT molecular complexity index is 269. The van der Waals surface area contributed by atoms with Gasteiger partial charge in [-0.25, -0.2) is 0 Å². The lowest BCUT2D eigenvalue weighted by molar-refractivity contribution is -0.137. The van der Waals surface area contributed by atoms with Crippen molar-refractivity contribution in [3.63, 3.8) is 0 Å². The molecule has 0 saturated carbocycles. The molecule has 0 aromatic heterocycles. The maximum Gasteiger partial charge on any atom is 0.240 e. The summed E-state index contributed by atoms with van der Waals surface area (Å²) in [5.41, 5.74) is 0. The molecule has 0 bridgehead atoms. The molecule has 2 rings (SSSR count). The summed E-state index contributed by atoms with van der Waals surface area (Å²) in [4.78, 5) is 16.9. The lowest BCUT2D eigenvalue weighted by atomic mass is 10.1. The van der Waals surface area contributed by atoms with E-state index in [0.717, 1.165) is 45.6 Å². The summed E-state index contributed by atoms with van der Waals surface area (Å²) in [5.74, 6) is 0.365. The SMILES string of the molecule is CCCN1CCCC1C(=O)N1CCNC(C)C1. The van der Waals surface area contributed by atoms with Gasteiger partial charge in [-0.05, 0) is 39.3 Å². The Morgan fingerprint density at radius 1 is 1.41 bits per heavy atom. The Labute approximate surface area is 104 Å². The van der Waals surface area contributed by atoms with Crippen molar-refractivity contribution in [3.05, 3.63) is 0 Å². The second-order valence-corrected chi connectivity index (χ2v) is 5.33. The normalized spacial score (nSPS) is 30.8. The Kier molecular flexibility index (Phi) is 4.40. The highest BCUT2D eigenvalue weighted by molar-refractivity contribution is 5.82. The molecule has 98 valence electrons. The van der Waals surface area contributed by atoms with Crippen LogP contribution >= 0.6 is 0 Å². The molecule has 0 spiro atoms. The first-order chi connectivity index (χ1) is 8.22. The largest absolute Gasteiger partial charge is 0.339 e. The quantitative estimate of drug-likeness (QED) is 0.787. The van der Waals surface area contributed by atoms with E-state index in [0.29, 0.717) is 11.9 Å². The Hall–Kier alpha value is -0.610. The average molecular weight is 239 g/mol. The monoisotopic (exact) mass is 239 g/mol. The highest BCUT2D eigenvalue weighted by Gasteiger charge is 2.34. The van der Waals surface area contributed by atoms with E-state index in [9.17, 15) is 4.79 Å². The van der Waals surface area contributed by atoms with E-state index in [1.165, 1.54) is 6.42 Å². The number of likely N-dealkylation sites (tertiary alicyclic amines) is 1. The standard InChI is InChI=1S/C13H25N3O/c1-3-7-15-8-4-5-12(15)13(17)16-9-6-14-11(2)10-16/h11-12,14H,3-10H2,1-2H3. The van der Waals surface area contributed by atoms with Crippen LogP contribution in [0.25, 0.3) is 0 Å². The van der Waals surface area contributed by atoms with Crippen LogP contribution in [0.1, 0.15) is 33.1 Å². The minimum Gasteiger partial charge on any atom is -0.339 e. The van der Waals surface area contributed by atoms with Crippen LogP contribution in [0.3, 0.4) is 0 Å². The van der Waals surface area contributed by atoms with E-state index in [4.69, 9.17) is 0 Å². The van der Waals surface area contributed by atoms with Crippen LogP contribution in [-0.4, -0.2) is 60.5 Å². The molecule has 4 heteroatoms. The number of nitrogens with one attached hydrogen (secondary N) is 1. The lowest BCUT2D eigenvalue weighted by Crippen LogP contribution is -2.55. The van der Waals surface area contributed by atoms with Gasteiger partial charge in [-0.15, -0.1) is 0 Å². The molecule has 2 saturated heterocycles. The summed E-state index contributed by atoms with van der Waals surface area (Å²) < 4.78 is 0. The van der Waals surface area contributed by atoms with Crippen LogP contribution < -0.4 is 5.32 Å². The number of rotatable bonds is 3. The topological polar surface area (TPSA) is 35.6 Å². The summed E-state index contributed by atoms with van der Waals surface area (Å²) in [6.07, 6.45) is 3.37. The molecule has 0 aromatic carbocycles. The number of hydrogen-bond acceptors (Lipinski definition) is 3. The molecule has 1 N–H and O–H groups in total. The zero-order valence-electron chi connectivity index (χ0n) is 11.1. The smallest absolute Gasteiger partial charge is 0.240 e. The maximum absolute atomic E-state index is 12.5. The van der Waals surface area contributed by atoms with E-state index in [1.54, 1.807) is 0 Å². The Morgan fingerprint density at radius 2 is 2.24 bits per heavy atom. The van der Waals surface area contributed by atoms with Gasteiger partial charge in [0.2, 0.25) is 5.91 Å². The zero-order chi connectivity index (χ0) is 12.3. The molecule has 2 atom stereocenters. The second kappa shape index (κ2) is 5.83. The minimum atomic E-state index is 0.167. The summed E-state index contributed by atoms with van der Waals surface area (Å²) in [7, 11) is 0. The van der Waals surface area contributed by atoms with Crippen molar-refractivity contribution < 1.29 is 4.79 Å². The third kappa shape index (κ3) is 2.99. The molecule has 2 aliphatic heterocycles. The van der Waals surface area contributed by atoms with E-state index < -0.39 is 0 Å². The van der Waals surface area contributed by atoms with E-state index >= 15 is 0 Å². The van der Waals surface area contributed by atoms with Gasteiger partial charge in [0.1, 0.15) is 0 Å². The molecule has 0 aromatic rings. The Morgan fingerprint density at radius 3 is 2.94 bits per heavy atom. The molecule has 17 heavy (non-hydrogen) atoms. The van der Waals surface area contributed by atoms with Gasteiger partial charge in [0, 0.05) is 25.7 Å². The number of carbonyl (C=O) groups is 1. The van der Waals surface area contributed by atoms with Gasteiger partial charge in [-0.2, -0.15) is 0 Å². The first-order valence-electron chi connectivity index (χ1n) is 6.98. The fourth-order valence-corrected chi connectivity index (χ4v) is 3.00. The van der Waals surface area contributed by atoms with Crippen molar-refractivity contribution >= 4 is 5.91 Å². The molecule has 1 amide bonds. The first kappa shape index (κ1) is 12.8. The predicted molar refractivity (Wildman–Crippen MR) is 68.9 cm³/mol. The highest BCUT2D eigenvalue weighted by Crippen LogP contribution is 2.20. The van der Waals surface area contributed by atoms with Crippen LogP contribution in [0.5, 0.6) is 0 Å². The van der Waals surface area contributed by atoms with Crippen LogP contribution in [0, 0.1) is 0 Å². The van der Waals surface area contributed by atoms with Crippen molar-refractivity contribution in [1.82, 2.24) is 15.1 Å². The van der Waals surface area contributed by atoms with Gasteiger partial charge in [0.25, 0.3) is 0 Å². The fraction of sp³-hybridized carbons (Fsp3) is 0.923. The number of hydrogen-bond donors (Lipinski definition) is 1.